The van der Waals surface area contributed by atoms with E-state index in [1.165, 1.54) is 11.2 Å². The van der Waals surface area contributed by atoms with Gasteiger partial charge in [-0.05, 0) is 49.5 Å². The Morgan fingerprint density at radius 3 is 2.83 bits per heavy atom. The summed E-state index contributed by atoms with van der Waals surface area (Å²) in [6.07, 6.45) is 3.16. The number of aromatic nitrogens is 4. The second-order valence-corrected chi connectivity index (χ2v) is 8.12. The lowest BCUT2D eigenvalue weighted by Gasteiger charge is -2.34. The number of carbonyl (C=O) groups is 2. The second-order valence-electron chi connectivity index (χ2n) is 8.12. The third-order valence-electron chi connectivity index (χ3n) is 5.49. The van der Waals surface area contributed by atoms with E-state index in [0.717, 1.165) is 12.8 Å². The molecule has 1 aromatic heterocycles. The van der Waals surface area contributed by atoms with Gasteiger partial charge >= 0.3 is 5.97 Å². The van der Waals surface area contributed by atoms with Crippen molar-refractivity contribution in [2.24, 2.45) is 11.8 Å². The van der Waals surface area contributed by atoms with E-state index in [2.05, 4.69) is 34.6 Å². The molecule has 29 heavy (non-hydrogen) atoms. The third kappa shape index (κ3) is 5.40. The van der Waals surface area contributed by atoms with Crippen LogP contribution in [-0.4, -0.2) is 44.2 Å². The second kappa shape index (κ2) is 9.15. The minimum atomic E-state index is -0.399. The molecule has 156 valence electrons. The summed E-state index contributed by atoms with van der Waals surface area (Å²) in [7, 11) is 0. The molecule has 0 aliphatic heterocycles. The van der Waals surface area contributed by atoms with Crippen molar-refractivity contribution in [3.05, 3.63) is 29.8 Å². The highest BCUT2D eigenvalue weighted by molar-refractivity contribution is 5.90. The molecule has 1 aromatic carbocycles. The van der Waals surface area contributed by atoms with Gasteiger partial charge in [-0.25, -0.2) is 4.79 Å². The number of amides is 1. The van der Waals surface area contributed by atoms with E-state index in [4.69, 9.17) is 4.74 Å². The van der Waals surface area contributed by atoms with Crippen LogP contribution in [0.25, 0.3) is 11.4 Å². The highest BCUT2D eigenvalue weighted by atomic mass is 16.5. The quantitative estimate of drug-likeness (QED) is 0.750. The van der Waals surface area contributed by atoms with Gasteiger partial charge in [0.2, 0.25) is 11.7 Å². The minimum Gasteiger partial charge on any atom is -0.459 e. The molecule has 3 atom stereocenters. The molecule has 1 aliphatic carbocycles. The van der Waals surface area contributed by atoms with Gasteiger partial charge in [-0.3, -0.25) is 4.79 Å². The monoisotopic (exact) mass is 399 g/mol. The van der Waals surface area contributed by atoms with Crippen molar-refractivity contribution in [3.63, 3.8) is 0 Å². The molecule has 8 nitrogen and oxygen atoms in total. The molecule has 1 heterocycles. The van der Waals surface area contributed by atoms with Crippen LogP contribution in [0.1, 0.15) is 57.3 Å². The van der Waals surface area contributed by atoms with E-state index in [-0.39, 0.29) is 24.6 Å². The zero-order valence-corrected chi connectivity index (χ0v) is 17.5. The largest absolute Gasteiger partial charge is 0.459 e. The molecule has 1 amide bonds. The molecular formula is C21H29N5O3. The normalized spacial score (nSPS) is 21.8. The van der Waals surface area contributed by atoms with E-state index < -0.39 is 5.97 Å². The third-order valence-corrected chi connectivity index (χ3v) is 5.49. The number of hydrogen-bond donors (Lipinski definition) is 1. The number of esters is 1. The van der Waals surface area contributed by atoms with Crippen LogP contribution >= 0.6 is 0 Å². The highest BCUT2D eigenvalue weighted by Gasteiger charge is 2.28. The summed E-state index contributed by atoms with van der Waals surface area (Å²) in [5.74, 6) is 0.912. The van der Waals surface area contributed by atoms with E-state index in [1.807, 2.05) is 0 Å². The van der Waals surface area contributed by atoms with Crippen molar-refractivity contribution < 1.29 is 14.3 Å². The Hall–Kier alpha value is -2.77. The number of tetrazole rings is 1. The van der Waals surface area contributed by atoms with E-state index >= 15 is 0 Å². The van der Waals surface area contributed by atoms with Crippen LogP contribution in [-0.2, 0) is 16.1 Å². The van der Waals surface area contributed by atoms with Gasteiger partial charge in [0.25, 0.3) is 0 Å². The predicted molar refractivity (Wildman–Crippen MR) is 108 cm³/mol. The molecule has 3 unspecified atom stereocenters. The first-order valence-electron chi connectivity index (χ1n) is 10.2. The average Bonchev–Trinajstić information content (AvgIpc) is 3.13. The lowest BCUT2D eigenvalue weighted by molar-refractivity contribution is -0.123. The fourth-order valence-electron chi connectivity index (χ4n) is 3.66. The first kappa shape index (κ1) is 21.0. The molecule has 1 fully saturated rings. The topological polar surface area (TPSA) is 99.0 Å². The lowest BCUT2D eigenvalue weighted by atomic mass is 9.78. The predicted octanol–water partition coefficient (Wildman–Crippen LogP) is 2.85. The molecule has 0 spiro atoms. The van der Waals surface area contributed by atoms with Crippen molar-refractivity contribution in [1.29, 1.82) is 0 Å². The minimum absolute atomic E-state index is 0.0136. The maximum absolute atomic E-state index is 12.4. The van der Waals surface area contributed by atoms with Crippen LogP contribution < -0.4 is 5.32 Å². The van der Waals surface area contributed by atoms with E-state index in [0.29, 0.717) is 28.8 Å². The fourth-order valence-corrected chi connectivity index (χ4v) is 3.66. The summed E-state index contributed by atoms with van der Waals surface area (Å²) in [5.41, 5.74) is 1.07. The number of nitrogens with one attached hydrogen (secondary N) is 1. The molecule has 1 N–H and O–H groups in total. The SMILES string of the molecule is CC(C)OC(=O)c1cccc(-c2nnn(CC(=O)NC3CCCC(C)C3C)n2)c1. The average molecular weight is 399 g/mol. The Labute approximate surface area is 171 Å². The van der Waals surface area contributed by atoms with Crippen molar-refractivity contribution in [3.8, 4) is 11.4 Å². The maximum atomic E-state index is 12.4. The molecule has 0 saturated heterocycles. The van der Waals surface area contributed by atoms with Crippen LogP contribution in [0.3, 0.4) is 0 Å². The summed E-state index contributed by atoms with van der Waals surface area (Å²) in [6, 6.07) is 7.07. The number of carbonyl (C=O) groups excluding carboxylic acids is 2. The van der Waals surface area contributed by atoms with Gasteiger partial charge in [0, 0.05) is 11.6 Å². The lowest BCUT2D eigenvalue weighted by Crippen LogP contribution is -2.45. The number of benzene rings is 1. The van der Waals surface area contributed by atoms with Crippen LogP contribution in [0.4, 0.5) is 0 Å². The molecule has 1 saturated carbocycles. The van der Waals surface area contributed by atoms with Gasteiger partial charge in [-0.2, -0.15) is 4.80 Å². The Bertz CT molecular complexity index is 864. The molecule has 1 aliphatic rings. The number of hydrogen-bond acceptors (Lipinski definition) is 6. The maximum Gasteiger partial charge on any atom is 0.338 e. The van der Waals surface area contributed by atoms with Crippen LogP contribution in [0.15, 0.2) is 24.3 Å². The van der Waals surface area contributed by atoms with Crippen molar-refractivity contribution in [2.75, 3.05) is 0 Å². The van der Waals surface area contributed by atoms with Crippen LogP contribution in [0, 0.1) is 11.8 Å². The standard InChI is InChI=1S/C21H29N5O3/c1-13(2)29-21(28)17-9-6-8-16(11-17)20-23-25-26(24-20)12-19(27)22-18-10-5-7-14(3)15(18)4/h6,8-9,11,13-15,18H,5,7,10,12H2,1-4H3,(H,22,27). The summed E-state index contributed by atoms with van der Waals surface area (Å²) in [4.78, 5) is 25.8. The van der Waals surface area contributed by atoms with Crippen molar-refractivity contribution in [2.45, 2.75) is 65.6 Å². The van der Waals surface area contributed by atoms with Gasteiger partial charge in [0.15, 0.2) is 0 Å². The first-order valence-corrected chi connectivity index (χ1v) is 10.2. The number of nitrogens with zero attached hydrogens (tertiary/aromatic N) is 4. The first-order chi connectivity index (χ1) is 13.8. The van der Waals surface area contributed by atoms with Crippen molar-refractivity contribution >= 4 is 11.9 Å². The Balaban J connectivity index is 1.63. The van der Waals surface area contributed by atoms with E-state index in [1.54, 1.807) is 38.1 Å². The fraction of sp³-hybridized carbons (Fsp3) is 0.571. The summed E-state index contributed by atoms with van der Waals surface area (Å²) < 4.78 is 5.22. The highest BCUT2D eigenvalue weighted by Crippen LogP contribution is 2.29. The Kier molecular flexibility index (Phi) is 6.61. The molecule has 0 bridgehead atoms. The molecule has 2 aromatic rings. The van der Waals surface area contributed by atoms with Gasteiger partial charge in [0.05, 0.1) is 11.7 Å². The van der Waals surface area contributed by atoms with Gasteiger partial charge < -0.3 is 10.1 Å². The van der Waals surface area contributed by atoms with Gasteiger partial charge in [0.1, 0.15) is 6.54 Å². The van der Waals surface area contributed by atoms with Crippen molar-refractivity contribution in [1.82, 2.24) is 25.5 Å². The molecule has 3 rings (SSSR count). The Morgan fingerprint density at radius 1 is 1.28 bits per heavy atom. The van der Waals surface area contributed by atoms with Crippen LogP contribution in [0.2, 0.25) is 0 Å². The van der Waals surface area contributed by atoms with Gasteiger partial charge in [-0.1, -0.05) is 38.8 Å². The molecular weight excluding hydrogens is 370 g/mol. The number of ether oxygens (including phenoxy) is 1. The number of rotatable bonds is 6. The van der Waals surface area contributed by atoms with Crippen LogP contribution in [0.5, 0.6) is 0 Å². The Morgan fingerprint density at radius 2 is 2.07 bits per heavy atom. The summed E-state index contributed by atoms with van der Waals surface area (Å²) >= 11 is 0. The zero-order chi connectivity index (χ0) is 21.0. The molecule has 8 heteroatoms. The van der Waals surface area contributed by atoms with Gasteiger partial charge in [-0.15, -0.1) is 10.2 Å². The zero-order valence-electron chi connectivity index (χ0n) is 17.5. The van der Waals surface area contributed by atoms with E-state index in [9.17, 15) is 9.59 Å². The molecule has 0 radical (unpaired) electrons. The summed E-state index contributed by atoms with van der Waals surface area (Å²) in [5, 5.41) is 15.4. The smallest absolute Gasteiger partial charge is 0.338 e. The summed E-state index contributed by atoms with van der Waals surface area (Å²) in [6.45, 7) is 8.04.